The third kappa shape index (κ3) is 2.02. The van der Waals surface area contributed by atoms with E-state index >= 15 is 0 Å². The zero-order valence-corrected chi connectivity index (χ0v) is 10.3. The molecule has 0 saturated carbocycles. The Labute approximate surface area is 110 Å². The lowest BCUT2D eigenvalue weighted by atomic mass is 10.2. The third-order valence-electron chi connectivity index (χ3n) is 2.67. The van der Waals surface area contributed by atoms with Gasteiger partial charge in [0.2, 0.25) is 0 Å². The van der Waals surface area contributed by atoms with E-state index < -0.39 is 5.97 Å². The van der Waals surface area contributed by atoms with Crippen molar-refractivity contribution in [3.63, 3.8) is 0 Å². The fraction of sp³-hybridized carbons (Fsp3) is 0.0909. The zero-order chi connectivity index (χ0) is 13.4. The van der Waals surface area contributed by atoms with Crippen LogP contribution in [0.15, 0.2) is 28.4 Å². The molecule has 2 heterocycles. The van der Waals surface area contributed by atoms with Crippen LogP contribution in [0.5, 0.6) is 0 Å². The van der Waals surface area contributed by atoms with Gasteiger partial charge in [0.1, 0.15) is 5.52 Å². The highest BCUT2D eigenvalue weighted by molar-refractivity contribution is 7.07. The Hall–Kier alpha value is -2.48. The van der Waals surface area contributed by atoms with Crippen molar-refractivity contribution < 1.29 is 9.90 Å². The molecular formula is C11H8N4O3S. The van der Waals surface area contributed by atoms with Crippen LogP contribution < -0.4 is 4.87 Å². The molecule has 1 aromatic carbocycles. The van der Waals surface area contributed by atoms with E-state index in [1.54, 1.807) is 22.2 Å². The molecule has 2 aromatic heterocycles. The molecule has 3 rings (SSSR count). The average Bonchev–Trinajstić information content (AvgIpc) is 2.97. The standard InChI is InChI=1S/C11H8N4O3S/c16-10(17)7-2-1-3-8-9(7)13-14-15(8)4-6-5-19-11(18)12-6/h1-3,5H,4H2,(H,12,18)(H,16,17). The molecule has 19 heavy (non-hydrogen) atoms. The molecule has 0 spiro atoms. The van der Waals surface area contributed by atoms with E-state index in [0.29, 0.717) is 23.3 Å². The van der Waals surface area contributed by atoms with Gasteiger partial charge in [0.25, 0.3) is 0 Å². The predicted octanol–water partition coefficient (Wildman–Crippen LogP) is 0.928. The zero-order valence-electron chi connectivity index (χ0n) is 9.53. The summed E-state index contributed by atoms with van der Waals surface area (Å²) in [6.45, 7) is 0.346. The van der Waals surface area contributed by atoms with Gasteiger partial charge in [-0.05, 0) is 12.1 Å². The molecule has 0 atom stereocenters. The van der Waals surface area contributed by atoms with Gasteiger partial charge in [0, 0.05) is 5.38 Å². The minimum Gasteiger partial charge on any atom is -0.478 e. The average molecular weight is 276 g/mol. The number of hydrogen-bond acceptors (Lipinski definition) is 5. The van der Waals surface area contributed by atoms with E-state index in [-0.39, 0.29) is 10.4 Å². The third-order valence-corrected chi connectivity index (χ3v) is 3.39. The second kappa shape index (κ2) is 4.32. The van der Waals surface area contributed by atoms with E-state index in [1.165, 1.54) is 6.07 Å². The number of carboxylic acids is 1. The Morgan fingerprint density at radius 3 is 3.00 bits per heavy atom. The number of aromatic amines is 1. The van der Waals surface area contributed by atoms with Crippen LogP contribution in [0, 0.1) is 0 Å². The first-order valence-electron chi connectivity index (χ1n) is 5.37. The molecule has 0 saturated heterocycles. The summed E-state index contributed by atoms with van der Waals surface area (Å²) in [6, 6.07) is 4.87. The Balaban J connectivity index is 2.08. The van der Waals surface area contributed by atoms with E-state index in [0.717, 1.165) is 11.3 Å². The van der Waals surface area contributed by atoms with Crippen molar-refractivity contribution in [3.05, 3.63) is 44.5 Å². The van der Waals surface area contributed by atoms with E-state index in [1.807, 2.05) is 0 Å². The molecule has 96 valence electrons. The van der Waals surface area contributed by atoms with E-state index in [2.05, 4.69) is 15.3 Å². The Kier molecular flexibility index (Phi) is 2.64. The molecule has 8 heteroatoms. The summed E-state index contributed by atoms with van der Waals surface area (Å²) in [5, 5.41) is 18.6. The van der Waals surface area contributed by atoms with Gasteiger partial charge in [-0.1, -0.05) is 22.6 Å². The first-order chi connectivity index (χ1) is 9.15. The van der Waals surface area contributed by atoms with Crippen LogP contribution in [0.1, 0.15) is 16.1 Å². The summed E-state index contributed by atoms with van der Waals surface area (Å²) in [7, 11) is 0. The van der Waals surface area contributed by atoms with Crippen LogP contribution in [0.3, 0.4) is 0 Å². The Morgan fingerprint density at radius 2 is 2.32 bits per heavy atom. The van der Waals surface area contributed by atoms with Crippen molar-refractivity contribution in [2.24, 2.45) is 0 Å². The number of nitrogens with one attached hydrogen (secondary N) is 1. The Morgan fingerprint density at radius 1 is 1.47 bits per heavy atom. The number of nitrogens with zero attached hydrogens (tertiary/aromatic N) is 3. The number of benzene rings is 1. The number of H-pyrrole nitrogens is 1. The van der Waals surface area contributed by atoms with Gasteiger partial charge in [-0.3, -0.25) is 4.79 Å². The van der Waals surface area contributed by atoms with Crippen molar-refractivity contribution in [1.82, 2.24) is 20.0 Å². The number of fused-ring (bicyclic) bond motifs is 1. The number of carboxylic acid groups (broad SMARTS) is 1. The molecule has 0 radical (unpaired) electrons. The number of thiazole rings is 1. The van der Waals surface area contributed by atoms with Gasteiger partial charge in [0.15, 0.2) is 0 Å². The summed E-state index contributed by atoms with van der Waals surface area (Å²) in [6.07, 6.45) is 0. The van der Waals surface area contributed by atoms with Gasteiger partial charge < -0.3 is 10.1 Å². The fourth-order valence-electron chi connectivity index (χ4n) is 1.83. The van der Waals surface area contributed by atoms with Crippen LogP contribution in [0.2, 0.25) is 0 Å². The largest absolute Gasteiger partial charge is 0.478 e. The molecule has 3 aromatic rings. The Bertz CT molecular complexity index is 817. The SMILES string of the molecule is O=C(O)c1cccc2c1nnn2Cc1csc(=O)[nH]1. The van der Waals surface area contributed by atoms with Crippen LogP contribution in [0.4, 0.5) is 0 Å². The topological polar surface area (TPSA) is 101 Å². The smallest absolute Gasteiger partial charge is 0.338 e. The number of aromatic carboxylic acids is 1. The summed E-state index contributed by atoms with van der Waals surface area (Å²) < 4.78 is 1.56. The van der Waals surface area contributed by atoms with Crippen LogP contribution in [-0.4, -0.2) is 31.1 Å². The van der Waals surface area contributed by atoms with Crippen molar-refractivity contribution >= 4 is 28.3 Å². The van der Waals surface area contributed by atoms with Crippen molar-refractivity contribution in [2.45, 2.75) is 6.54 Å². The van der Waals surface area contributed by atoms with Crippen LogP contribution in [0.25, 0.3) is 11.0 Å². The number of carbonyl (C=O) groups is 1. The normalized spacial score (nSPS) is 10.9. The fourth-order valence-corrected chi connectivity index (χ4v) is 2.41. The lowest BCUT2D eigenvalue weighted by Crippen LogP contribution is -2.04. The maximum Gasteiger partial charge on any atom is 0.338 e. The summed E-state index contributed by atoms with van der Waals surface area (Å²) >= 11 is 1.07. The summed E-state index contributed by atoms with van der Waals surface area (Å²) in [5.41, 5.74) is 1.78. The predicted molar refractivity (Wildman–Crippen MR) is 68.5 cm³/mol. The first-order valence-corrected chi connectivity index (χ1v) is 6.25. The van der Waals surface area contributed by atoms with Crippen molar-refractivity contribution in [1.29, 1.82) is 0 Å². The first kappa shape index (κ1) is 11.6. The molecular weight excluding hydrogens is 268 g/mol. The highest BCUT2D eigenvalue weighted by atomic mass is 32.1. The number of aromatic nitrogens is 4. The van der Waals surface area contributed by atoms with E-state index in [9.17, 15) is 9.59 Å². The van der Waals surface area contributed by atoms with Crippen LogP contribution >= 0.6 is 11.3 Å². The molecule has 0 aliphatic heterocycles. The lowest BCUT2D eigenvalue weighted by molar-refractivity contribution is 0.0699. The van der Waals surface area contributed by atoms with Gasteiger partial charge >= 0.3 is 10.8 Å². The maximum absolute atomic E-state index is 11.1. The molecule has 0 aliphatic rings. The summed E-state index contributed by atoms with van der Waals surface area (Å²) in [5.74, 6) is -1.04. The van der Waals surface area contributed by atoms with Gasteiger partial charge in [0.05, 0.1) is 23.3 Å². The second-order valence-electron chi connectivity index (χ2n) is 3.90. The van der Waals surface area contributed by atoms with Gasteiger partial charge in [-0.2, -0.15) is 0 Å². The molecule has 7 nitrogen and oxygen atoms in total. The second-order valence-corrected chi connectivity index (χ2v) is 4.74. The van der Waals surface area contributed by atoms with E-state index in [4.69, 9.17) is 5.11 Å². The van der Waals surface area contributed by atoms with Gasteiger partial charge in [-0.25, -0.2) is 9.48 Å². The molecule has 0 amide bonds. The van der Waals surface area contributed by atoms with Crippen molar-refractivity contribution in [3.8, 4) is 0 Å². The highest BCUT2D eigenvalue weighted by Crippen LogP contribution is 2.16. The van der Waals surface area contributed by atoms with Crippen LogP contribution in [-0.2, 0) is 6.54 Å². The molecule has 2 N–H and O–H groups in total. The maximum atomic E-state index is 11.1. The molecule has 0 unspecified atom stereocenters. The lowest BCUT2D eigenvalue weighted by Gasteiger charge is -2.00. The monoisotopic (exact) mass is 276 g/mol. The number of hydrogen-bond donors (Lipinski definition) is 2. The molecule has 0 aliphatic carbocycles. The molecule has 0 fully saturated rings. The quantitative estimate of drug-likeness (QED) is 0.741. The van der Waals surface area contributed by atoms with Crippen molar-refractivity contribution in [2.75, 3.05) is 0 Å². The number of rotatable bonds is 3. The summed E-state index contributed by atoms with van der Waals surface area (Å²) in [4.78, 5) is 24.7. The van der Waals surface area contributed by atoms with Gasteiger partial charge in [-0.15, -0.1) is 5.10 Å². The minimum atomic E-state index is -1.04. The minimum absolute atomic E-state index is 0.113. The molecule has 0 bridgehead atoms. The highest BCUT2D eigenvalue weighted by Gasteiger charge is 2.13.